The molecule has 17 heavy (non-hydrogen) atoms. The van der Waals surface area contributed by atoms with Gasteiger partial charge in [0.15, 0.2) is 0 Å². The standard InChI is InChI=1S/C11H18N4O2/c1-7-9(11(16)17)10(15(3)13-7)12-8-4-5-14(2)6-8/h8,12H,4-6H2,1-3H3,(H,16,17). The van der Waals surface area contributed by atoms with E-state index < -0.39 is 5.97 Å². The molecular weight excluding hydrogens is 220 g/mol. The lowest BCUT2D eigenvalue weighted by Gasteiger charge is -2.15. The van der Waals surface area contributed by atoms with Crippen molar-refractivity contribution in [3.63, 3.8) is 0 Å². The predicted octanol–water partition coefficient (Wildman–Crippen LogP) is 0.543. The van der Waals surface area contributed by atoms with Crippen molar-refractivity contribution in [2.75, 3.05) is 25.5 Å². The summed E-state index contributed by atoms with van der Waals surface area (Å²) in [6, 6.07) is 0.299. The average molecular weight is 238 g/mol. The van der Waals surface area contributed by atoms with Gasteiger partial charge in [0.05, 0.1) is 5.69 Å². The lowest BCUT2D eigenvalue weighted by atomic mass is 10.2. The van der Waals surface area contributed by atoms with Gasteiger partial charge in [-0.2, -0.15) is 5.10 Å². The number of rotatable bonds is 3. The second-order valence-electron chi connectivity index (χ2n) is 4.63. The minimum Gasteiger partial charge on any atom is -0.477 e. The van der Waals surface area contributed by atoms with Crippen LogP contribution < -0.4 is 5.32 Å². The number of anilines is 1. The highest BCUT2D eigenvalue weighted by Crippen LogP contribution is 2.21. The molecule has 1 aromatic rings. The fourth-order valence-corrected chi connectivity index (χ4v) is 2.33. The molecule has 2 N–H and O–H groups in total. The van der Waals surface area contributed by atoms with Gasteiger partial charge < -0.3 is 15.3 Å². The van der Waals surface area contributed by atoms with Gasteiger partial charge in [0.2, 0.25) is 0 Å². The Balaban J connectivity index is 2.23. The molecule has 0 aromatic carbocycles. The zero-order chi connectivity index (χ0) is 12.6. The maximum Gasteiger partial charge on any atom is 0.341 e. The molecule has 6 nitrogen and oxygen atoms in total. The van der Waals surface area contributed by atoms with Gasteiger partial charge in [-0.15, -0.1) is 0 Å². The van der Waals surface area contributed by atoms with Crippen molar-refractivity contribution in [3.8, 4) is 0 Å². The normalized spacial score (nSPS) is 20.8. The van der Waals surface area contributed by atoms with Crippen LogP contribution in [0.25, 0.3) is 0 Å². The molecule has 6 heteroatoms. The summed E-state index contributed by atoms with van der Waals surface area (Å²) in [6.45, 7) is 3.69. The molecule has 0 amide bonds. The third-order valence-electron chi connectivity index (χ3n) is 3.17. The van der Waals surface area contributed by atoms with E-state index in [4.69, 9.17) is 0 Å². The highest BCUT2D eigenvalue weighted by atomic mass is 16.4. The lowest BCUT2D eigenvalue weighted by Crippen LogP contribution is -2.25. The summed E-state index contributed by atoms with van der Waals surface area (Å²) < 4.78 is 1.61. The van der Waals surface area contributed by atoms with Gasteiger partial charge >= 0.3 is 5.97 Å². The molecule has 0 bridgehead atoms. The number of nitrogens with one attached hydrogen (secondary N) is 1. The van der Waals surface area contributed by atoms with E-state index in [1.54, 1.807) is 18.7 Å². The number of likely N-dealkylation sites (N-methyl/N-ethyl adjacent to an activating group) is 1. The van der Waals surface area contributed by atoms with Crippen LogP contribution in [-0.4, -0.2) is 51.9 Å². The number of nitrogens with zero attached hydrogens (tertiary/aromatic N) is 3. The minimum absolute atomic E-state index is 0.280. The summed E-state index contributed by atoms with van der Waals surface area (Å²) in [4.78, 5) is 13.4. The first-order chi connectivity index (χ1) is 7.99. The van der Waals surface area contributed by atoms with Crippen LogP contribution in [-0.2, 0) is 7.05 Å². The van der Waals surface area contributed by atoms with E-state index in [1.807, 2.05) is 0 Å². The highest BCUT2D eigenvalue weighted by molar-refractivity contribution is 5.94. The van der Waals surface area contributed by atoms with Gasteiger partial charge in [-0.3, -0.25) is 4.68 Å². The minimum atomic E-state index is -0.926. The van der Waals surface area contributed by atoms with Gasteiger partial charge in [-0.25, -0.2) is 4.79 Å². The lowest BCUT2D eigenvalue weighted by molar-refractivity contribution is 0.0697. The first-order valence-electron chi connectivity index (χ1n) is 5.71. The number of hydrogen-bond donors (Lipinski definition) is 2. The number of aromatic nitrogens is 2. The van der Waals surface area contributed by atoms with Crippen molar-refractivity contribution in [3.05, 3.63) is 11.3 Å². The number of likely N-dealkylation sites (tertiary alicyclic amines) is 1. The Bertz CT molecular complexity index is 441. The fraction of sp³-hybridized carbons (Fsp3) is 0.636. The van der Waals surface area contributed by atoms with E-state index >= 15 is 0 Å². The monoisotopic (exact) mass is 238 g/mol. The van der Waals surface area contributed by atoms with Gasteiger partial charge in [0, 0.05) is 19.6 Å². The molecule has 1 aromatic heterocycles. The van der Waals surface area contributed by atoms with Crippen molar-refractivity contribution in [2.24, 2.45) is 7.05 Å². The molecular formula is C11H18N4O2. The highest BCUT2D eigenvalue weighted by Gasteiger charge is 2.25. The van der Waals surface area contributed by atoms with Crippen molar-refractivity contribution in [2.45, 2.75) is 19.4 Å². The van der Waals surface area contributed by atoms with Gasteiger partial charge in [-0.1, -0.05) is 0 Å². The average Bonchev–Trinajstić information content (AvgIpc) is 2.72. The number of carbonyl (C=O) groups is 1. The second-order valence-corrected chi connectivity index (χ2v) is 4.63. The Kier molecular flexibility index (Phi) is 3.06. The summed E-state index contributed by atoms with van der Waals surface area (Å²) in [5.74, 6) is -0.320. The Hall–Kier alpha value is -1.56. The van der Waals surface area contributed by atoms with E-state index in [-0.39, 0.29) is 5.56 Å². The zero-order valence-electron chi connectivity index (χ0n) is 10.4. The van der Waals surface area contributed by atoms with E-state index in [9.17, 15) is 9.90 Å². The van der Waals surface area contributed by atoms with Crippen LogP contribution in [0.3, 0.4) is 0 Å². The summed E-state index contributed by atoms with van der Waals surface area (Å²) in [5.41, 5.74) is 0.830. The summed E-state index contributed by atoms with van der Waals surface area (Å²) in [6.07, 6.45) is 1.03. The van der Waals surface area contributed by atoms with Crippen molar-refractivity contribution in [1.82, 2.24) is 14.7 Å². The largest absolute Gasteiger partial charge is 0.477 e. The summed E-state index contributed by atoms with van der Waals surface area (Å²) in [5, 5.41) is 16.6. The first-order valence-corrected chi connectivity index (χ1v) is 5.71. The van der Waals surface area contributed by atoms with Crippen LogP contribution in [0.1, 0.15) is 22.5 Å². The molecule has 1 aliphatic heterocycles. The maximum absolute atomic E-state index is 11.2. The predicted molar refractivity (Wildman–Crippen MR) is 64.4 cm³/mol. The number of carboxylic acids is 1. The van der Waals surface area contributed by atoms with Gasteiger partial charge in [0.25, 0.3) is 0 Å². The van der Waals surface area contributed by atoms with Crippen molar-refractivity contribution in [1.29, 1.82) is 0 Å². The third-order valence-corrected chi connectivity index (χ3v) is 3.17. The Labute approximate surface area is 100 Å². The molecule has 1 unspecified atom stereocenters. The molecule has 0 spiro atoms. The van der Waals surface area contributed by atoms with Crippen LogP contribution in [0.5, 0.6) is 0 Å². The maximum atomic E-state index is 11.2. The SMILES string of the molecule is Cc1nn(C)c(NC2CCN(C)C2)c1C(=O)O. The number of aromatic carboxylic acids is 1. The molecule has 1 atom stereocenters. The van der Waals surface area contributed by atoms with Gasteiger partial charge in [0.1, 0.15) is 11.4 Å². The zero-order valence-corrected chi connectivity index (χ0v) is 10.4. The van der Waals surface area contributed by atoms with E-state index in [0.717, 1.165) is 19.5 Å². The van der Waals surface area contributed by atoms with E-state index in [0.29, 0.717) is 17.6 Å². The topological polar surface area (TPSA) is 70.4 Å². The van der Waals surface area contributed by atoms with Crippen LogP contribution in [0.4, 0.5) is 5.82 Å². The molecule has 0 aliphatic carbocycles. The molecule has 1 aliphatic rings. The summed E-state index contributed by atoms with van der Waals surface area (Å²) in [7, 11) is 3.83. The number of hydrogen-bond acceptors (Lipinski definition) is 4. The fourth-order valence-electron chi connectivity index (χ4n) is 2.33. The van der Waals surface area contributed by atoms with Gasteiger partial charge in [-0.05, 0) is 26.9 Å². The van der Waals surface area contributed by atoms with E-state index in [2.05, 4.69) is 22.4 Å². The van der Waals surface area contributed by atoms with Crippen LogP contribution in [0, 0.1) is 6.92 Å². The van der Waals surface area contributed by atoms with Crippen molar-refractivity contribution >= 4 is 11.8 Å². The summed E-state index contributed by atoms with van der Waals surface area (Å²) >= 11 is 0. The van der Waals surface area contributed by atoms with Crippen LogP contribution in [0.2, 0.25) is 0 Å². The number of aryl methyl sites for hydroxylation is 2. The Morgan fingerprint density at radius 3 is 2.76 bits per heavy atom. The molecule has 2 rings (SSSR count). The first kappa shape index (κ1) is 11.9. The Morgan fingerprint density at radius 2 is 2.24 bits per heavy atom. The molecule has 94 valence electrons. The molecule has 1 fully saturated rings. The third kappa shape index (κ3) is 2.26. The smallest absolute Gasteiger partial charge is 0.341 e. The molecule has 2 heterocycles. The van der Waals surface area contributed by atoms with Crippen molar-refractivity contribution < 1.29 is 9.90 Å². The number of carboxylic acid groups (broad SMARTS) is 1. The molecule has 0 radical (unpaired) electrons. The molecule has 1 saturated heterocycles. The second kappa shape index (κ2) is 4.37. The Morgan fingerprint density at radius 1 is 1.53 bits per heavy atom. The molecule has 0 saturated carbocycles. The van der Waals surface area contributed by atoms with Crippen LogP contribution in [0.15, 0.2) is 0 Å². The van der Waals surface area contributed by atoms with E-state index in [1.165, 1.54) is 0 Å². The quantitative estimate of drug-likeness (QED) is 0.804. The van der Waals surface area contributed by atoms with Crippen LogP contribution >= 0.6 is 0 Å².